The first kappa shape index (κ1) is 16.4. The molecule has 0 aromatic heterocycles. The van der Waals surface area contributed by atoms with Crippen LogP contribution in [0.3, 0.4) is 0 Å². The highest BCUT2D eigenvalue weighted by Gasteiger charge is 2.25. The van der Waals surface area contributed by atoms with E-state index in [1.54, 1.807) is 11.8 Å². The summed E-state index contributed by atoms with van der Waals surface area (Å²) in [5, 5.41) is 3.15. The van der Waals surface area contributed by atoms with Crippen LogP contribution in [0.2, 0.25) is 0 Å². The summed E-state index contributed by atoms with van der Waals surface area (Å²) >= 11 is 0. The van der Waals surface area contributed by atoms with Crippen LogP contribution in [-0.4, -0.2) is 69.6 Å². The van der Waals surface area contributed by atoms with Crippen LogP contribution in [-0.2, 0) is 14.8 Å². The van der Waals surface area contributed by atoms with Gasteiger partial charge in [0.2, 0.25) is 15.9 Å². The van der Waals surface area contributed by atoms with Crippen molar-refractivity contribution in [3.8, 4) is 0 Å². The second-order valence-corrected chi connectivity index (χ2v) is 7.40. The first-order valence-electron chi connectivity index (χ1n) is 6.77. The Labute approximate surface area is 116 Å². The van der Waals surface area contributed by atoms with Gasteiger partial charge in [-0.2, -0.15) is 4.31 Å². The third-order valence-corrected chi connectivity index (χ3v) is 5.47. The first-order chi connectivity index (χ1) is 8.90. The SMILES string of the molecule is CCS(=O)(=O)N(C)CC(=O)N1CCC(CNC)CC1. The molecule has 0 unspecified atom stereocenters. The summed E-state index contributed by atoms with van der Waals surface area (Å²) in [6.45, 7) is 3.97. The highest BCUT2D eigenvalue weighted by Crippen LogP contribution is 2.16. The molecule has 1 aliphatic heterocycles. The van der Waals surface area contributed by atoms with Crippen molar-refractivity contribution in [1.82, 2.24) is 14.5 Å². The quantitative estimate of drug-likeness (QED) is 0.731. The van der Waals surface area contributed by atoms with Gasteiger partial charge in [0, 0.05) is 20.1 Å². The summed E-state index contributed by atoms with van der Waals surface area (Å²) in [4.78, 5) is 13.8. The van der Waals surface area contributed by atoms with Crippen LogP contribution in [0.15, 0.2) is 0 Å². The highest BCUT2D eigenvalue weighted by molar-refractivity contribution is 7.89. The molecular formula is C12H25N3O3S. The average molecular weight is 291 g/mol. The summed E-state index contributed by atoms with van der Waals surface area (Å²) in [5.41, 5.74) is 0. The van der Waals surface area contributed by atoms with E-state index >= 15 is 0 Å². The van der Waals surface area contributed by atoms with E-state index in [2.05, 4.69) is 5.32 Å². The number of nitrogens with zero attached hydrogens (tertiary/aromatic N) is 2. The summed E-state index contributed by atoms with van der Waals surface area (Å²) in [6, 6.07) is 0. The predicted molar refractivity (Wildman–Crippen MR) is 75.3 cm³/mol. The number of carbonyl (C=O) groups excluding carboxylic acids is 1. The van der Waals surface area contributed by atoms with Gasteiger partial charge in [-0.15, -0.1) is 0 Å². The molecule has 0 saturated carbocycles. The van der Waals surface area contributed by atoms with Crippen LogP contribution in [0.4, 0.5) is 0 Å². The first-order valence-corrected chi connectivity index (χ1v) is 8.38. The van der Waals surface area contributed by atoms with E-state index in [1.165, 1.54) is 7.05 Å². The van der Waals surface area contributed by atoms with Gasteiger partial charge < -0.3 is 10.2 Å². The topological polar surface area (TPSA) is 69.7 Å². The normalized spacial score (nSPS) is 18.0. The molecule has 0 atom stereocenters. The molecule has 112 valence electrons. The minimum Gasteiger partial charge on any atom is -0.342 e. The third-order valence-electron chi connectivity index (χ3n) is 3.66. The van der Waals surface area contributed by atoms with Gasteiger partial charge in [-0.1, -0.05) is 0 Å². The maximum absolute atomic E-state index is 12.0. The molecule has 0 bridgehead atoms. The molecule has 1 amide bonds. The van der Waals surface area contributed by atoms with Crippen LogP contribution in [0.25, 0.3) is 0 Å². The van der Waals surface area contributed by atoms with Crippen LogP contribution in [0.1, 0.15) is 19.8 Å². The van der Waals surface area contributed by atoms with Crippen molar-refractivity contribution in [3.05, 3.63) is 0 Å². The number of nitrogens with one attached hydrogen (secondary N) is 1. The van der Waals surface area contributed by atoms with Crippen LogP contribution in [0, 0.1) is 5.92 Å². The molecule has 7 heteroatoms. The smallest absolute Gasteiger partial charge is 0.237 e. The Morgan fingerprint density at radius 1 is 1.37 bits per heavy atom. The Bertz CT molecular complexity index is 389. The number of hydrogen-bond acceptors (Lipinski definition) is 4. The molecule has 0 aromatic rings. The minimum absolute atomic E-state index is 0.0288. The third kappa shape index (κ3) is 4.74. The van der Waals surface area contributed by atoms with E-state index in [0.29, 0.717) is 5.92 Å². The lowest BCUT2D eigenvalue weighted by atomic mass is 9.97. The monoisotopic (exact) mass is 291 g/mol. The van der Waals surface area contributed by atoms with E-state index in [9.17, 15) is 13.2 Å². The maximum Gasteiger partial charge on any atom is 0.237 e. The number of piperidine rings is 1. The number of carbonyl (C=O) groups is 1. The van der Waals surface area contributed by atoms with Gasteiger partial charge >= 0.3 is 0 Å². The molecule has 0 radical (unpaired) electrons. The molecular weight excluding hydrogens is 266 g/mol. The molecule has 0 aliphatic carbocycles. The van der Waals surface area contributed by atoms with Crippen molar-refractivity contribution in [2.75, 3.05) is 46.0 Å². The number of likely N-dealkylation sites (tertiary alicyclic amines) is 1. The van der Waals surface area contributed by atoms with Crippen molar-refractivity contribution < 1.29 is 13.2 Å². The Kier molecular flexibility index (Phi) is 6.22. The molecule has 1 saturated heterocycles. The largest absolute Gasteiger partial charge is 0.342 e. The molecule has 6 nitrogen and oxygen atoms in total. The highest BCUT2D eigenvalue weighted by atomic mass is 32.2. The molecule has 0 spiro atoms. The number of amides is 1. The predicted octanol–water partition coefficient (Wildman–Crippen LogP) is -0.274. The Morgan fingerprint density at radius 3 is 2.42 bits per heavy atom. The lowest BCUT2D eigenvalue weighted by Gasteiger charge is -2.32. The fourth-order valence-corrected chi connectivity index (χ4v) is 3.03. The zero-order chi connectivity index (χ0) is 14.5. The lowest BCUT2D eigenvalue weighted by Crippen LogP contribution is -2.45. The van der Waals surface area contributed by atoms with Crippen molar-refractivity contribution >= 4 is 15.9 Å². The molecule has 19 heavy (non-hydrogen) atoms. The summed E-state index contributed by atoms with van der Waals surface area (Å²) < 4.78 is 24.4. The molecule has 1 rings (SSSR count). The number of likely N-dealkylation sites (N-methyl/N-ethyl adjacent to an activating group) is 1. The Hall–Kier alpha value is -0.660. The molecule has 1 heterocycles. The fraction of sp³-hybridized carbons (Fsp3) is 0.917. The standard InChI is InChI=1S/C12H25N3O3S/c1-4-19(17,18)14(3)10-12(16)15-7-5-11(6-8-15)9-13-2/h11,13H,4-10H2,1-3H3. The van der Waals surface area contributed by atoms with Crippen molar-refractivity contribution in [2.24, 2.45) is 5.92 Å². The van der Waals surface area contributed by atoms with Gasteiger partial charge in [-0.3, -0.25) is 4.79 Å². The summed E-state index contributed by atoms with van der Waals surface area (Å²) in [6.07, 6.45) is 1.97. The van der Waals surface area contributed by atoms with Gasteiger partial charge in [-0.25, -0.2) is 8.42 Å². The summed E-state index contributed by atoms with van der Waals surface area (Å²) in [5.74, 6) is 0.551. The van der Waals surface area contributed by atoms with Gasteiger partial charge in [-0.05, 0) is 39.3 Å². The van der Waals surface area contributed by atoms with Crippen molar-refractivity contribution in [2.45, 2.75) is 19.8 Å². The number of sulfonamides is 1. The van der Waals surface area contributed by atoms with Gasteiger partial charge in [0.15, 0.2) is 0 Å². The van der Waals surface area contributed by atoms with Gasteiger partial charge in [0.05, 0.1) is 12.3 Å². The second-order valence-electron chi connectivity index (χ2n) is 5.04. The van der Waals surface area contributed by atoms with Crippen LogP contribution >= 0.6 is 0 Å². The summed E-state index contributed by atoms with van der Waals surface area (Å²) in [7, 11) is 0.120. The average Bonchev–Trinajstić information content (AvgIpc) is 2.39. The second kappa shape index (κ2) is 7.21. The van der Waals surface area contributed by atoms with Crippen LogP contribution < -0.4 is 5.32 Å². The Balaban J connectivity index is 2.44. The molecule has 1 N–H and O–H groups in total. The molecule has 1 fully saturated rings. The maximum atomic E-state index is 12.0. The minimum atomic E-state index is -3.28. The number of rotatable bonds is 6. The Morgan fingerprint density at radius 2 is 1.95 bits per heavy atom. The molecule has 0 aromatic carbocycles. The zero-order valence-corrected chi connectivity index (χ0v) is 12.9. The van der Waals surface area contributed by atoms with Gasteiger partial charge in [0.25, 0.3) is 0 Å². The number of hydrogen-bond donors (Lipinski definition) is 1. The van der Waals surface area contributed by atoms with E-state index in [4.69, 9.17) is 0 Å². The molecule has 1 aliphatic rings. The van der Waals surface area contributed by atoms with E-state index < -0.39 is 10.0 Å². The van der Waals surface area contributed by atoms with Gasteiger partial charge in [0.1, 0.15) is 0 Å². The van der Waals surface area contributed by atoms with Crippen molar-refractivity contribution in [3.63, 3.8) is 0 Å². The van der Waals surface area contributed by atoms with Crippen LogP contribution in [0.5, 0.6) is 0 Å². The lowest BCUT2D eigenvalue weighted by molar-refractivity contribution is -0.132. The zero-order valence-electron chi connectivity index (χ0n) is 12.1. The van der Waals surface area contributed by atoms with E-state index in [0.717, 1.165) is 36.8 Å². The van der Waals surface area contributed by atoms with E-state index in [1.807, 2.05) is 7.05 Å². The van der Waals surface area contributed by atoms with E-state index in [-0.39, 0.29) is 18.2 Å². The fourth-order valence-electron chi connectivity index (χ4n) is 2.28. The van der Waals surface area contributed by atoms with Crippen molar-refractivity contribution in [1.29, 1.82) is 0 Å².